The minimum atomic E-state index is -0.564. The molecule has 3 aromatic rings. The molecule has 0 aliphatic carbocycles. The quantitative estimate of drug-likeness (QED) is 0.709. The highest BCUT2D eigenvalue weighted by molar-refractivity contribution is 6.06. The van der Waals surface area contributed by atoms with Gasteiger partial charge in [-0.3, -0.25) is 9.78 Å². The van der Waals surface area contributed by atoms with Crippen molar-refractivity contribution in [2.45, 2.75) is 0 Å². The van der Waals surface area contributed by atoms with Crippen LogP contribution in [0.3, 0.4) is 0 Å². The van der Waals surface area contributed by atoms with E-state index < -0.39 is 5.82 Å². The lowest BCUT2D eigenvalue weighted by Crippen LogP contribution is -2.13. The van der Waals surface area contributed by atoms with Gasteiger partial charge in [0.05, 0.1) is 11.2 Å². The van der Waals surface area contributed by atoms with Crippen LogP contribution in [0.4, 0.5) is 15.8 Å². The first-order valence-corrected chi connectivity index (χ1v) is 6.34. The molecule has 0 atom stereocenters. The van der Waals surface area contributed by atoms with Gasteiger partial charge in [-0.1, -0.05) is 6.07 Å². The van der Waals surface area contributed by atoms with Crippen molar-refractivity contribution in [2.75, 3.05) is 11.1 Å². The molecule has 5 heteroatoms. The first kappa shape index (κ1) is 13.1. The number of fused-ring (bicyclic) bond motifs is 1. The standard InChI is InChI=1S/C16H12FN3O/c17-13-9-12(18)4-6-15(13)20-16(21)11-3-5-14-10(8-11)2-1-7-19-14/h1-9H,18H2,(H,20,21). The summed E-state index contributed by atoms with van der Waals surface area (Å²) in [5, 5.41) is 3.38. The molecule has 0 spiro atoms. The lowest BCUT2D eigenvalue weighted by atomic mass is 10.1. The van der Waals surface area contributed by atoms with E-state index in [4.69, 9.17) is 5.73 Å². The molecule has 2 aromatic carbocycles. The van der Waals surface area contributed by atoms with Crippen LogP contribution in [-0.4, -0.2) is 10.9 Å². The number of nitrogens with two attached hydrogens (primary N) is 1. The van der Waals surface area contributed by atoms with Gasteiger partial charge >= 0.3 is 0 Å². The third-order valence-corrected chi connectivity index (χ3v) is 3.11. The van der Waals surface area contributed by atoms with Crippen LogP contribution in [0.1, 0.15) is 10.4 Å². The molecule has 0 radical (unpaired) electrons. The zero-order valence-electron chi connectivity index (χ0n) is 11.0. The number of hydrogen-bond acceptors (Lipinski definition) is 3. The van der Waals surface area contributed by atoms with Gasteiger partial charge in [0.1, 0.15) is 5.82 Å². The molecule has 4 nitrogen and oxygen atoms in total. The van der Waals surface area contributed by atoms with Gasteiger partial charge in [0, 0.05) is 22.8 Å². The second-order valence-electron chi connectivity index (χ2n) is 4.60. The lowest BCUT2D eigenvalue weighted by Gasteiger charge is -2.07. The highest BCUT2D eigenvalue weighted by atomic mass is 19.1. The molecule has 1 heterocycles. The van der Waals surface area contributed by atoms with E-state index in [1.807, 2.05) is 6.07 Å². The number of carbonyl (C=O) groups excluding carboxylic acids is 1. The molecule has 3 N–H and O–H groups in total. The molecule has 0 aliphatic heterocycles. The molecule has 0 saturated heterocycles. The van der Waals surface area contributed by atoms with Gasteiger partial charge in [0.15, 0.2) is 0 Å². The summed E-state index contributed by atoms with van der Waals surface area (Å²) in [5.74, 6) is -0.949. The van der Waals surface area contributed by atoms with Crippen LogP contribution >= 0.6 is 0 Å². The monoisotopic (exact) mass is 281 g/mol. The lowest BCUT2D eigenvalue weighted by molar-refractivity contribution is 0.102. The maximum atomic E-state index is 13.7. The second-order valence-corrected chi connectivity index (χ2v) is 4.60. The summed E-state index contributed by atoms with van der Waals surface area (Å²) >= 11 is 0. The summed E-state index contributed by atoms with van der Waals surface area (Å²) < 4.78 is 13.7. The van der Waals surface area contributed by atoms with Crippen molar-refractivity contribution in [3.05, 3.63) is 66.1 Å². The van der Waals surface area contributed by atoms with Crippen LogP contribution in [0.5, 0.6) is 0 Å². The summed E-state index contributed by atoms with van der Waals surface area (Å²) in [7, 11) is 0. The molecular weight excluding hydrogens is 269 g/mol. The Bertz CT molecular complexity index is 833. The number of benzene rings is 2. The Morgan fingerprint density at radius 2 is 2.00 bits per heavy atom. The number of pyridine rings is 1. The highest BCUT2D eigenvalue weighted by Gasteiger charge is 2.10. The molecule has 1 amide bonds. The number of hydrogen-bond donors (Lipinski definition) is 2. The average molecular weight is 281 g/mol. The first-order chi connectivity index (χ1) is 10.1. The van der Waals surface area contributed by atoms with E-state index in [1.165, 1.54) is 18.2 Å². The molecule has 104 valence electrons. The highest BCUT2D eigenvalue weighted by Crippen LogP contribution is 2.19. The van der Waals surface area contributed by atoms with E-state index in [9.17, 15) is 9.18 Å². The van der Waals surface area contributed by atoms with Gasteiger partial charge in [-0.2, -0.15) is 0 Å². The SMILES string of the molecule is Nc1ccc(NC(=O)c2ccc3ncccc3c2)c(F)c1. The van der Waals surface area contributed by atoms with Crippen LogP contribution < -0.4 is 11.1 Å². The first-order valence-electron chi connectivity index (χ1n) is 6.34. The predicted octanol–water partition coefficient (Wildman–Crippen LogP) is 3.21. The van der Waals surface area contributed by atoms with Crippen molar-refractivity contribution < 1.29 is 9.18 Å². The van der Waals surface area contributed by atoms with Crippen molar-refractivity contribution in [1.29, 1.82) is 0 Å². The number of halogens is 1. The molecule has 1 aromatic heterocycles. The topological polar surface area (TPSA) is 68.0 Å². The number of nitrogen functional groups attached to an aromatic ring is 1. The van der Waals surface area contributed by atoms with Crippen LogP contribution in [0, 0.1) is 5.82 Å². The Labute approximate surface area is 120 Å². The Kier molecular flexibility index (Phi) is 3.23. The van der Waals surface area contributed by atoms with Crippen molar-refractivity contribution in [3.63, 3.8) is 0 Å². The second kappa shape index (κ2) is 5.20. The van der Waals surface area contributed by atoms with Crippen LogP contribution in [0.25, 0.3) is 10.9 Å². The smallest absolute Gasteiger partial charge is 0.255 e. The number of anilines is 2. The minimum Gasteiger partial charge on any atom is -0.399 e. The Morgan fingerprint density at radius 3 is 2.81 bits per heavy atom. The van der Waals surface area contributed by atoms with Gasteiger partial charge in [-0.05, 0) is 42.5 Å². The third kappa shape index (κ3) is 2.67. The summed E-state index contributed by atoms with van der Waals surface area (Å²) in [6.45, 7) is 0. The van der Waals surface area contributed by atoms with Crippen LogP contribution in [-0.2, 0) is 0 Å². The van der Waals surface area contributed by atoms with Gasteiger partial charge in [0.2, 0.25) is 0 Å². The van der Waals surface area contributed by atoms with E-state index in [0.717, 1.165) is 10.9 Å². The molecule has 0 saturated carbocycles. The maximum Gasteiger partial charge on any atom is 0.255 e. The van der Waals surface area contributed by atoms with E-state index in [1.54, 1.807) is 30.5 Å². The van der Waals surface area contributed by atoms with Crippen LogP contribution in [0.2, 0.25) is 0 Å². The number of aromatic nitrogens is 1. The Balaban J connectivity index is 1.89. The van der Waals surface area contributed by atoms with Gasteiger partial charge < -0.3 is 11.1 Å². The van der Waals surface area contributed by atoms with Gasteiger partial charge in [-0.15, -0.1) is 0 Å². The molecule has 3 rings (SSSR count). The van der Waals surface area contributed by atoms with Crippen molar-refractivity contribution >= 4 is 28.2 Å². The largest absolute Gasteiger partial charge is 0.399 e. The van der Waals surface area contributed by atoms with Crippen molar-refractivity contribution in [2.24, 2.45) is 0 Å². The minimum absolute atomic E-state index is 0.0977. The van der Waals surface area contributed by atoms with Gasteiger partial charge in [0.25, 0.3) is 5.91 Å². The summed E-state index contributed by atoms with van der Waals surface area (Å²) in [6.07, 6.45) is 1.69. The molecule has 0 bridgehead atoms. The van der Waals surface area contributed by atoms with Crippen LogP contribution in [0.15, 0.2) is 54.7 Å². The summed E-state index contributed by atoms with van der Waals surface area (Å²) in [5.41, 5.74) is 7.11. The zero-order chi connectivity index (χ0) is 14.8. The number of amides is 1. The Hall–Kier alpha value is -2.95. The van der Waals surface area contributed by atoms with E-state index in [0.29, 0.717) is 11.3 Å². The number of carbonyl (C=O) groups is 1. The molecule has 0 fully saturated rings. The molecule has 21 heavy (non-hydrogen) atoms. The fourth-order valence-corrected chi connectivity index (χ4v) is 2.04. The van der Waals surface area contributed by atoms with Crippen molar-refractivity contribution in [1.82, 2.24) is 4.98 Å². The van der Waals surface area contributed by atoms with E-state index in [-0.39, 0.29) is 11.6 Å². The number of nitrogens with one attached hydrogen (secondary N) is 1. The van der Waals surface area contributed by atoms with Crippen molar-refractivity contribution in [3.8, 4) is 0 Å². The third-order valence-electron chi connectivity index (χ3n) is 3.11. The molecule has 0 aliphatic rings. The van der Waals surface area contributed by atoms with E-state index in [2.05, 4.69) is 10.3 Å². The molecular formula is C16H12FN3O. The summed E-state index contributed by atoms with van der Waals surface area (Å²) in [6, 6.07) is 12.9. The van der Waals surface area contributed by atoms with Gasteiger partial charge in [-0.25, -0.2) is 4.39 Å². The zero-order valence-corrected chi connectivity index (χ0v) is 11.0. The number of nitrogens with zero attached hydrogens (tertiary/aromatic N) is 1. The predicted molar refractivity (Wildman–Crippen MR) is 80.5 cm³/mol. The number of rotatable bonds is 2. The normalized spacial score (nSPS) is 10.5. The fraction of sp³-hybridized carbons (Fsp3) is 0. The van der Waals surface area contributed by atoms with E-state index >= 15 is 0 Å². The average Bonchev–Trinajstić information content (AvgIpc) is 2.49. The fourth-order valence-electron chi connectivity index (χ4n) is 2.04. The Morgan fingerprint density at radius 1 is 1.14 bits per heavy atom. The molecule has 0 unspecified atom stereocenters. The maximum absolute atomic E-state index is 13.7. The summed E-state index contributed by atoms with van der Waals surface area (Å²) in [4.78, 5) is 16.3.